The summed E-state index contributed by atoms with van der Waals surface area (Å²) < 4.78 is 16.7. The summed E-state index contributed by atoms with van der Waals surface area (Å²) in [4.78, 5) is 4.37. The molecule has 0 radical (unpaired) electrons. The van der Waals surface area contributed by atoms with Crippen LogP contribution in [0, 0.1) is 0 Å². The smallest absolute Gasteiger partial charge is 0.230 e. The molecule has 2 aromatic rings. The Kier molecular flexibility index (Phi) is 2.63. The molecule has 1 atom stereocenters. The van der Waals surface area contributed by atoms with Gasteiger partial charge in [0.05, 0.1) is 6.10 Å². The first-order chi connectivity index (χ1) is 9.79. The molecule has 0 spiro atoms. The summed E-state index contributed by atoms with van der Waals surface area (Å²) in [6.07, 6.45) is 0.780. The van der Waals surface area contributed by atoms with Crippen molar-refractivity contribution in [3.63, 3.8) is 0 Å². The number of aromatic nitrogens is 2. The third-order valence-electron chi connectivity index (χ3n) is 3.72. The zero-order chi connectivity index (χ0) is 13.5. The van der Waals surface area contributed by atoms with E-state index in [2.05, 4.69) is 10.1 Å². The first kappa shape index (κ1) is 11.7. The molecule has 0 bridgehead atoms. The van der Waals surface area contributed by atoms with Crippen LogP contribution in [0.15, 0.2) is 28.8 Å². The van der Waals surface area contributed by atoms with Gasteiger partial charge >= 0.3 is 0 Å². The first-order valence-electron chi connectivity index (χ1n) is 6.69. The number of ether oxygens (including phenoxy) is 2. The highest BCUT2D eigenvalue weighted by Gasteiger charge is 2.34. The zero-order valence-corrected chi connectivity index (χ0v) is 10.7. The number of benzene rings is 1. The summed E-state index contributed by atoms with van der Waals surface area (Å²) >= 11 is 0. The van der Waals surface area contributed by atoms with Crippen LogP contribution in [0.3, 0.4) is 0 Å². The minimum atomic E-state index is -0.354. The van der Waals surface area contributed by atoms with Gasteiger partial charge in [-0.3, -0.25) is 0 Å². The Labute approximate surface area is 115 Å². The minimum Gasteiger partial charge on any atom is -0.485 e. The fourth-order valence-corrected chi connectivity index (χ4v) is 2.48. The maximum Gasteiger partial charge on any atom is 0.230 e. The predicted molar refractivity (Wildman–Crippen MR) is 67.6 cm³/mol. The topological polar surface area (TPSA) is 77.6 Å². The molecule has 0 saturated heterocycles. The lowest BCUT2D eigenvalue weighted by molar-refractivity contribution is 0.0624. The van der Waals surface area contributed by atoms with Crippen LogP contribution in [-0.4, -0.2) is 28.0 Å². The summed E-state index contributed by atoms with van der Waals surface area (Å²) in [7, 11) is 0. The summed E-state index contributed by atoms with van der Waals surface area (Å²) in [5, 5.41) is 13.3. The van der Waals surface area contributed by atoms with Gasteiger partial charge in [-0.05, 0) is 25.0 Å². The van der Waals surface area contributed by atoms with Gasteiger partial charge in [-0.2, -0.15) is 4.98 Å². The van der Waals surface area contributed by atoms with Gasteiger partial charge in [0.2, 0.25) is 11.7 Å². The lowest BCUT2D eigenvalue weighted by Crippen LogP contribution is -2.27. The molecule has 1 fully saturated rings. The molecule has 20 heavy (non-hydrogen) atoms. The highest BCUT2D eigenvalue weighted by Crippen LogP contribution is 2.38. The molecule has 2 heterocycles. The number of hydrogen-bond acceptors (Lipinski definition) is 6. The molecule has 6 nitrogen and oxygen atoms in total. The Hall–Kier alpha value is -2.08. The molecule has 1 N–H and O–H groups in total. The van der Waals surface area contributed by atoms with Crippen LogP contribution in [0.1, 0.15) is 36.6 Å². The van der Waals surface area contributed by atoms with E-state index in [-0.39, 0.29) is 18.1 Å². The van der Waals surface area contributed by atoms with Crippen LogP contribution in [0.5, 0.6) is 11.5 Å². The van der Waals surface area contributed by atoms with E-state index in [1.807, 2.05) is 24.3 Å². The largest absolute Gasteiger partial charge is 0.485 e. The monoisotopic (exact) mass is 274 g/mol. The maximum atomic E-state index is 9.31. The summed E-state index contributed by atoms with van der Waals surface area (Å²) in [5.74, 6) is 2.66. The number of hydrogen-bond donors (Lipinski definition) is 1. The van der Waals surface area contributed by atoms with Crippen molar-refractivity contribution in [2.75, 3.05) is 6.61 Å². The summed E-state index contributed by atoms with van der Waals surface area (Å²) in [6, 6.07) is 7.51. The van der Waals surface area contributed by atoms with Crippen molar-refractivity contribution in [1.82, 2.24) is 10.1 Å². The highest BCUT2D eigenvalue weighted by molar-refractivity contribution is 5.40. The van der Waals surface area contributed by atoms with Crippen molar-refractivity contribution in [2.24, 2.45) is 0 Å². The van der Waals surface area contributed by atoms with Crippen LogP contribution >= 0.6 is 0 Å². The van der Waals surface area contributed by atoms with Gasteiger partial charge in [0.1, 0.15) is 6.61 Å². The van der Waals surface area contributed by atoms with Crippen molar-refractivity contribution in [1.29, 1.82) is 0 Å². The number of nitrogens with zero attached hydrogens (tertiary/aromatic N) is 2. The average Bonchev–Trinajstić information content (AvgIpc) is 2.93. The molecule has 1 aliphatic heterocycles. The Balaban J connectivity index is 1.52. The second kappa shape index (κ2) is 4.49. The average molecular weight is 274 g/mol. The van der Waals surface area contributed by atoms with Gasteiger partial charge in [-0.15, -0.1) is 0 Å². The van der Waals surface area contributed by atoms with E-state index >= 15 is 0 Å². The molecule has 4 rings (SSSR count). The Morgan fingerprint density at radius 2 is 1.95 bits per heavy atom. The van der Waals surface area contributed by atoms with E-state index in [1.54, 1.807) is 0 Å². The Morgan fingerprint density at radius 3 is 2.75 bits per heavy atom. The second-order valence-electron chi connectivity index (χ2n) is 5.18. The van der Waals surface area contributed by atoms with E-state index in [0.717, 1.165) is 5.75 Å². The molecule has 1 unspecified atom stereocenters. The van der Waals surface area contributed by atoms with Crippen molar-refractivity contribution < 1.29 is 19.1 Å². The fourth-order valence-electron chi connectivity index (χ4n) is 2.48. The van der Waals surface area contributed by atoms with Crippen molar-refractivity contribution in [3.05, 3.63) is 36.0 Å². The standard InChI is InChI=1S/C14H14N2O4/c17-9-5-8(6-9)14-15-13(16-20-14)12-7-18-10-3-1-2-4-11(10)19-12/h1-4,8-9,12,17H,5-7H2. The lowest BCUT2D eigenvalue weighted by atomic mass is 9.82. The number of rotatable bonds is 2. The van der Waals surface area contributed by atoms with Crippen LogP contribution in [0.2, 0.25) is 0 Å². The molecule has 6 heteroatoms. The van der Waals surface area contributed by atoms with E-state index in [1.165, 1.54) is 0 Å². The fraction of sp³-hybridized carbons (Fsp3) is 0.429. The number of aliphatic hydroxyl groups excluding tert-OH is 1. The summed E-state index contributed by atoms with van der Waals surface area (Å²) in [5.41, 5.74) is 0. The molecular formula is C14H14N2O4. The van der Waals surface area contributed by atoms with Crippen LogP contribution in [0.25, 0.3) is 0 Å². The summed E-state index contributed by atoms with van der Waals surface area (Å²) in [6.45, 7) is 0.364. The Bertz CT molecular complexity index is 621. The van der Waals surface area contributed by atoms with Crippen molar-refractivity contribution in [2.45, 2.75) is 31.0 Å². The van der Waals surface area contributed by atoms with E-state index < -0.39 is 0 Å². The second-order valence-corrected chi connectivity index (χ2v) is 5.18. The molecule has 2 aliphatic rings. The van der Waals surface area contributed by atoms with Crippen molar-refractivity contribution >= 4 is 0 Å². The molecule has 1 aromatic heterocycles. The number of para-hydroxylation sites is 2. The van der Waals surface area contributed by atoms with E-state index in [9.17, 15) is 5.11 Å². The molecule has 104 valence electrons. The van der Waals surface area contributed by atoms with Gasteiger partial charge in [-0.1, -0.05) is 17.3 Å². The number of fused-ring (bicyclic) bond motifs is 1. The normalized spacial score (nSPS) is 27.9. The molecule has 1 aliphatic carbocycles. The molecular weight excluding hydrogens is 260 g/mol. The lowest BCUT2D eigenvalue weighted by Gasteiger charge is -2.27. The SMILES string of the molecule is OC1CC(c2nc(C3COc4ccccc4O3)no2)C1. The van der Waals surface area contributed by atoms with Crippen LogP contribution in [0.4, 0.5) is 0 Å². The van der Waals surface area contributed by atoms with Gasteiger partial charge in [-0.25, -0.2) is 0 Å². The van der Waals surface area contributed by atoms with Crippen molar-refractivity contribution in [3.8, 4) is 11.5 Å². The maximum absolute atomic E-state index is 9.31. The predicted octanol–water partition coefficient (Wildman–Crippen LogP) is 1.82. The van der Waals surface area contributed by atoms with Gasteiger partial charge in [0.15, 0.2) is 17.6 Å². The molecule has 1 saturated carbocycles. The van der Waals surface area contributed by atoms with E-state index in [0.29, 0.717) is 36.9 Å². The molecule has 0 amide bonds. The Morgan fingerprint density at radius 1 is 1.15 bits per heavy atom. The highest BCUT2D eigenvalue weighted by atomic mass is 16.6. The van der Waals surface area contributed by atoms with Gasteiger partial charge in [0, 0.05) is 5.92 Å². The van der Waals surface area contributed by atoms with Crippen LogP contribution < -0.4 is 9.47 Å². The van der Waals surface area contributed by atoms with Crippen LogP contribution in [-0.2, 0) is 0 Å². The number of aliphatic hydroxyl groups is 1. The van der Waals surface area contributed by atoms with Gasteiger partial charge in [0.25, 0.3) is 0 Å². The van der Waals surface area contributed by atoms with E-state index in [4.69, 9.17) is 14.0 Å². The van der Waals surface area contributed by atoms with Gasteiger partial charge < -0.3 is 19.1 Å². The first-order valence-corrected chi connectivity index (χ1v) is 6.69. The zero-order valence-electron chi connectivity index (χ0n) is 10.7. The quantitative estimate of drug-likeness (QED) is 0.900. The minimum absolute atomic E-state index is 0.169. The third-order valence-corrected chi connectivity index (χ3v) is 3.72. The molecule has 1 aromatic carbocycles. The third kappa shape index (κ3) is 1.92.